The minimum absolute atomic E-state index is 0.240. The fourth-order valence-corrected chi connectivity index (χ4v) is 5.42. The van der Waals surface area contributed by atoms with Gasteiger partial charge in [-0.2, -0.15) is 0 Å². The molecule has 8 heteroatoms. The Balaban J connectivity index is 1.49. The maximum absolute atomic E-state index is 6.42. The predicted octanol–water partition coefficient (Wildman–Crippen LogP) is 4.27. The second-order valence-electron chi connectivity index (χ2n) is 8.45. The van der Waals surface area contributed by atoms with Gasteiger partial charge in [0.2, 0.25) is 0 Å². The van der Waals surface area contributed by atoms with Crippen LogP contribution >= 0.6 is 22.9 Å². The van der Waals surface area contributed by atoms with Crippen molar-refractivity contribution in [3.8, 4) is 0 Å². The maximum Gasteiger partial charge on any atom is 0.190 e. The Kier molecular flexibility index (Phi) is 5.83. The average molecular weight is 433 g/mol. The second-order valence-corrected chi connectivity index (χ2v) is 10.1. The van der Waals surface area contributed by atoms with Gasteiger partial charge in [-0.15, -0.1) is 11.3 Å². The first kappa shape index (κ1) is 21.0. The topological polar surface area (TPSA) is 55.4 Å². The van der Waals surface area contributed by atoms with Crippen LogP contribution in [-0.4, -0.2) is 48.9 Å². The first-order valence-electron chi connectivity index (χ1n) is 9.89. The van der Waals surface area contributed by atoms with Crippen molar-refractivity contribution in [2.24, 2.45) is 0 Å². The number of thiophene rings is 1. The zero-order valence-electron chi connectivity index (χ0n) is 17.0. The number of aryl methyl sites for hydroxylation is 1. The highest BCUT2D eigenvalue weighted by molar-refractivity contribution is 7.12. The Hall–Kier alpha value is -0.250. The molecule has 158 valence electrons. The molecule has 0 aliphatic carbocycles. The molecule has 28 heavy (non-hydrogen) atoms. The van der Waals surface area contributed by atoms with Gasteiger partial charge < -0.3 is 28.4 Å². The standard InChI is InChI=1S/C20H29ClO6S/c1-6-7-11-8-12(21)14(28-11)10-22-16-15(13-9-23-19(2,3)25-13)24-18-17(16)26-20(4,5)27-18/h8,13,15-18H,6-7,9-10H2,1-5H3/t13-,15-,16+,17-,18-/m1/s1. The van der Waals surface area contributed by atoms with Crippen LogP contribution in [0.5, 0.6) is 0 Å². The van der Waals surface area contributed by atoms with E-state index in [4.69, 9.17) is 40.0 Å². The van der Waals surface area contributed by atoms with Gasteiger partial charge in [0.25, 0.3) is 0 Å². The predicted molar refractivity (Wildman–Crippen MR) is 106 cm³/mol. The lowest BCUT2D eigenvalue weighted by atomic mass is 10.1. The van der Waals surface area contributed by atoms with Gasteiger partial charge in [-0.05, 0) is 40.2 Å². The number of hydrogen-bond acceptors (Lipinski definition) is 7. The molecule has 0 bridgehead atoms. The average Bonchev–Trinajstić information content (AvgIpc) is 3.28. The van der Waals surface area contributed by atoms with Crippen molar-refractivity contribution in [1.82, 2.24) is 0 Å². The highest BCUT2D eigenvalue weighted by Gasteiger charge is 2.58. The quantitative estimate of drug-likeness (QED) is 0.669. The third kappa shape index (κ3) is 4.27. The molecule has 6 nitrogen and oxygen atoms in total. The van der Waals surface area contributed by atoms with E-state index in [0.29, 0.717) is 13.2 Å². The van der Waals surface area contributed by atoms with Crippen molar-refractivity contribution in [2.45, 2.75) is 96.3 Å². The van der Waals surface area contributed by atoms with Crippen molar-refractivity contribution in [2.75, 3.05) is 6.61 Å². The molecule has 4 heterocycles. The number of rotatable bonds is 6. The van der Waals surface area contributed by atoms with Crippen molar-refractivity contribution in [3.05, 3.63) is 20.8 Å². The molecular weight excluding hydrogens is 404 g/mol. The summed E-state index contributed by atoms with van der Waals surface area (Å²) in [5.74, 6) is -1.34. The fraction of sp³-hybridized carbons (Fsp3) is 0.800. The number of fused-ring (bicyclic) bond motifs is 1. The smallest absolute Gasteiger partial charge is 0.190 e. The summed E-state index contributed by atoms with van der Waals surface area (Å²) in [6.07, 6.45) is 0.416. The SMILES string of the molecule is CCCc1cc(Cl)c(CO[C@@H]2[C@H]3OC(C)(C)O[C@H]3O[C@@H]2[C@H]2COC(C)(C)O2)s1. The molecule has 0 aromatic carbocycles. The van der Waals surface area contributed by atoms with Gasteiger partial charge in [-0.3, -0.25) is 0 Å². The third-order valence-electron chi connectivity index (χ3n) is 5.14. The molecule has 3 aliphatic rings. The Labute approximate surface area is 175 Å². The van der Waals surface area contributed by atoms with Crippen LogP contribution in [0.15, 0.2) is 6.07 Å². The largest absolute Gasteiger partial charge is 0.367 e. The molecule has 1 aromatic rings. The van der Waals surface area contributed by atoms with Gasteiger partial charge in [-0.25, -0.2) is 0 Å². The minimum Gasteiger partial charge on any atom is -0.367 e. The maximum atomic E-state index is 6.42. The van der Waals surface area contributed by atoms with Crippen LogP contribution in [0.1, 0.15) is 50.8 Å². The monoisotopic (exact) mass is 432 g/mol. The van der Waals surface area contributed by atoms with Gasteiger partial charge in [0.1, 0.15) is 24.4 Å². The van der Waals surface area contributed by atoms with Crippen LogP contribution in [0.3, 0.4) is 0 Å². The Morgan fingerprint density at radius 2 is 1.93 bits per heavy atom. The van der Waals surface area contributed by atoms with E-state index in [0.717, 1.165) is 22.7 Å². The van der Waals surface area contributed by atoms with Gasteiger partial charge in [0.05, 0.1) is 18.2 Å². The summed E-state index contributed by atoms with van der Waals surface area (Å²) in [6.45, 7) is 10.6. The van der Waals surface area contributed by atoms with Gasteiger partial charge in [-0.1, -0.05) is 24.9 Å². The van der Waals surface area contributed by atoms with Crippen LogP contribution in [0, 0.1) is 0 Å². The number of halogens is 1. The molecule has 1 aromatic heterocycles. The van der Waals surface area contributed by atoms with E-state index in [1.54, 1.807) is 11.3 Å². The molecule has 0 N–H and O–H groups in total. The summed E-state index contributed by atoms with van der Waals surface area (Å²) in [5, 5.41) is 0.756. The van der Waals surface area contributed by atoms with Crippen molar-refractivity contribution in [3.63, 3.8) is 0 Å². The highest BCUT2D eigenvalue weighted by Crippen LogP contribution is 2.42. The molecule has 3 fully saturated rings. The summed E-state index contributed by atoms with van der Waals surface area (Å²) >= 11 is 8.12. The Morgan fingerprint density at radius 3 is 2.61 bits per heavy atom. The Bertz CT molecular complexity index is 705. The van der Waals surface area contributed by atoms with Crippen LogP contribution in [0.4, 0.5) is 0 Å². The van der Waals surface area contributed by atoms with Crippen molar-refractivity contribution < 1.29 is 28.4 Å². The van der Waals surface area contributed by atoms with E-state index in [1.165, 1.54) is 4.88 Å². The minimum atomic E-state index is -0.705. The summed E-state index contributed by atoms with van der Waals surface area (Å²) in [6, 6.07) is 2.04. The van der Waals surface area contributed by atoms with Crippen molar-refractivity contribution >= 4 is 22.9 Å². The molecule has 4 rings (SSSR count). The highest BCUT2D eigenvalue weighted by atomic mass is 35.5. The zero-order valence-corrected chi connectivity index (χ0v) is 18.6. The van der Waals surface area contributed by atoms with Crippen LogP contribution < -0.4 is 0 Å². The zero-order chi connectivity index (χ0) is 20.1. The van der Waals surface area contributed by atoms with E-state index >= 15 is 0 Å². The van der Waals surface area contributed by atoms with Gasteiger partial charge in [0.15, 0.2) is 17.9 Å². The summed E-state index contributed by atoms with van der Waals surface area (Å²) in [7, 11) is 0. The first-order chi connectivity index (χ1) is 13.2. The van der Waals surface area contributed by atoms with Crippen LogP contribution in [0.25, 0.3) is 0 Å². The number of hydrogen-bond donors (Lipinski definition) is 0. The molecule has 0 spiro atoms. The second kappa shape index (κ2) is 7.78. The first-order valence-corrected chi connectivity index (χ1v) is 11.1. The summed E-state index contributed by atoms with van der Waals surface area (Å²) in [5.41, 5.74) is 0. The van der Waals surface area contributed by atoms with E-state index in [9.17, 15) is 0 Å². The normalized spacial score (nSPS) is 36.1. The van der Waals surface area contributed by atoms with E-state index in [2.05, 4.69) is 6.92 Å². The molecule has 0 saturated carbocycles. The van der Waals surface area contributed by atoms with Gasteiger partial charge >= 0.3 is 0 Å². The van der Waals surface area contributed by atoms with E-state index < -0.39 is 17.9 Å². The summed E-state index contributed by atoms with van der Waals surface area (Å²) in [4.78, 5) is 2.30. The van der Waals surface area contributed by atoms with E-state index in [1.807, 2.05) is 33.8 Å². The molecule has 3 aliphatic heterocycles. The lowest BCUT2D eigenvalue weighted by molar-refractivity contribution is -0.236. The number of ether oxygens (including phenoxy) is 6. The molecule has 0 radical (unpaired) electrons. The van der Waals surface area contributed by atoms with E-state index in [-0.39, 0.29) is 24.4 Å². The molecule has 3 saturated heterocycles. The third-order valence-corrected chi connectivity index (χ3v) is 6.75. The summed E-state index contributed by atoms with van der Waals surface area (Å²) < 4.78 is 36.3. The van der Waals surface area contributed by atoms with Crippen LogP contribution in [-0.2, 0) is 41.4 Å². The molecular formula is C20H29ClO6S. The van der Waals surface area contributed by atoms with Crippen molar-refractivity contribution in [1.29, 1.82) is 0 Å². The lowest BCUT2D eigenvalue weighted by Gasteiger charge is -2.29. The lowest BCUT2D eigenvalue weighted by Crippen LogP contribution is -2.44. The van der Waals surface area contributed by atoms with Crippen LogP contribution in [0.2, 0.25) is 5.02 Å². The van der Waals surface area contributed by atoms with Gasteiger partial charge in [0, 0.05) is 9.75 Å². The molecule has 0 amide bonds. The molecule has 5 atom stereocenters. The molecule has 0 unspecified atom stereocenters. The Morgan fingerprint density at radius 1 is 1.14 bits per heavy atom. The fourth-order valence-electron chi connectivity index (χ4n) is 3.97.